The molecule has 0 aliphatic rings. The molecule has 0 radical (unpaired) electrons. The molecule has 0 bridgehead atoms. The van der Waals surface area contributed by atoms with Crippen molar-refractivity contribution in [3.8, 4) is 0 Å². The summed E-state index contributed by atoms with van der Waals surface area (Å²) in [5.41, 5.74) is 2.79. The third-order valence-electron chi connectivity index (χ3n) is 3.10. The van der Waals surface area contributed by atoms with Crippen molar-refractivity contribution in [3.05, 3.63) is 59.7 Å². The molecule has 3 aromatic rings. The number of nitrogens with zero attached hydrogens (tertiary/aromatic N) is 4. The maximum Gasteiger partial charge on any atom is 0.182 e. The number of azo groups is 1. The Balaban J connectivity index is 2.00. The zero-order valence-electron chi connectivity index (χ0n) is 11.4. The quantitative estimate of drug-likeness (QED) is 0.745. The third kappa shape index (κ3) is 2.66. The van der Waals surface area contributed by atoms with Crippen molar-refractivity contribution in [1.82, 2.24) is 9.38 Å². The predicted molar refractivity (Wildman–Crippen MR) is 76.4 cm³/mol. The lowest BCUT2D eigenvalue weighted by molar-refractivity contribution is 0.282. The molecule has 0 atom stereocenters. The van der Waals surface area contributed by atoms with Gasteiger partial charge in [-0.1, -0.05) is 0 Å². The average molecular weight is 284 g/mol. The molecular formula is C15H13FN4O. The minimum Gasteiger partial charge on any atom is -0.392 e. The zero-order valence-corrected chi connectivity index (χ0v) is 11.4. The SMILES string of the molecule is Cc1nc2cc(CO)ccn2c1N=Nc1ccc(F)cc1. The van der Waals surface area contributed by atoms with Gasteiger partial charge in [0.25, 0.3) is 0 Å². The van der Waals surface area contributed by atoms with Gasteiger partial charge in [-0.2, -0.15) is 0 Å². The number of imidazole rings is 1. The van der Waals surface area contributed by atoms with Gasteiger partial charge in [-0.25, -0.2) is 9.37 Å². The summed E-state index contributed by atoms with van der Waals surface area (Å²) in [4.78, 5) is 4.39. The van der Waals surface area contributed by atoms with E-state index in [4.69, 9.17) is 5.11 Å². The number of rotatable bonds is 3. The summed E-state index contributed by atoms with van der Waals surface area (Å²) in [6.07, 6.45) is 1.79. The lowest BCUT2D eigenvalue weighted by atomic mass is 10.3. The second-order valence-electron chi connectivity index (χ2n) is 4.62. The van der Waals surface area contributed by atoms with Crippen molar-refractivity contribution >= 4 is 17.2 Å². The Morgan fingerprint density at radius 1 is 1.19 bits per heavy atom. The molecule has 0 saturated heterocycles. The molecule has 106 valence electrons. The highest BCUT2D eigenvalue weighted by Crippen LogP contribution is 2.24. The van der Waals surface area contributed by atoms with E-state index in [1.54, 1.807) is 34.9 Å². The first-order valence-electron chi connectivity index (χ1n) is 6.43. The number of pyridine rings is 1. The number of hydrogen-bond acceptors (Lipinski definition) is 4. The van der Waals surface area contributed by atoms with Crippen molar-refractivity contribution in [1.29, 1.82) is 0 Å². The molecule has 0 spiro atoms. The van der Waals surface area contributed by atoms with Crippen LogP contribution < -0.4 is 0 Å². The number of aromatic nitrogens is 2. The van der Waals surface area contributed by atoms with Gasteiger partial charge in [-0.05, 0) is 48.9 Å². The van der Waals surface area contributed by atoms with Gasteiger partial charge in [0.2, 0.25) is 0 Å². The van der Waals surface area contributed by atoms with Crippen LogP contribution >= 0.6 is 0 Å². The molecule has 6 heteroatoms. The second kappa shape index (κ2) is 5.41. The second-order valence-corrected chi connectivity index (χ2v) is 4.62. The molecule has 0 amide bonds. The fourth-order valence-corrected chi connectivity index (χ4v) is 2.02. The molecule has 5 nitrogen and oxygen atoms in total. The van der Waals surface area contributed by atoms with Crippen LogP contribution in [0.5, 0.6) is 0 Å². The smallest absolute Gasteiger partial charge is 0.182 e. The topological polar surface area (TPSA) is 62.2 Å². The van der Waals surface area contributed by atoms with Crippen LogP contribution in [0.3, 0.4) is 0 Å². The highest BCUT2D eigenvalue weighted by atomic mass is 19.1. The number of aryl methyl sites for hydroxylation is 1. The normalized spacial score (nSPS) is 11.6. The van der Waals surface area contributed by atoms with Crippen LogP contribution in [0.25, 0.3) is 5.65 Å². The van der Waals surface area contributed by atoms with Crippen LogP contribution in [0.4, 0.5) is 15.9 Å². The maximum atomic E-state index is 12.8. The van der Waals surface area contributed by atoms with Crippen LogP contribution in [0.1, 0.15) is 11.3 Å². The molecular weight excluding hydrogens is 271 g/mol. The minimum absolute atomic E-state index is 0.0329. The molecule has 1 aromatic carbocycles. The number of fused-ring (bicyclic) bond motifs is 1. The Morgan fingerprint density at radius 2 is 1.95 bits per heavy atom. The maximum absolute atomic E-state index is 12.8. The van der Waals surface area contributed by atoms with Gasteiger partial charge >= 0.3 is 0 Å². The molecule has 3 rings (SSSR count). The molecule has 0 aliphatic heterocycles. The molecule has 1 N–H and O–H groups in total. The van der Waals surface area contributed by atoms with E-state index in [-0.39, 0.29) is 12.4 Å². The summed E-state index contributed by atoms with van der Waals surface area (Å²) < 4.78 is 14.6. The Kier molecular flexibility index (Phi) is 3.45. The predicted octanol–water partition coefficient (Wildman–Crippen LogP) is 3.69. The van der Waals surface area contributed by atoms with Crippen molar-refractivity contribution in [2.75, 3.05) is 0 Å². The molecule has 0 fully saturated rings. The van der Waals surface area contributed by atoms with Gasteiger partial charge in [-0.15, -0.1) is 10.2 Å². The lowest BCUT2D eigenvalue weighted by Gasteiger charge is -1.99. The van der Waals surface area contributed by atoms with Gasteiger partial charge in [0.15, 0.2) is 5.82 Å². The number of aliphatic hydroxyl groups is 1. The first kappa shape index (κ1) is 13.4. The van der Waals surface area contributed by atoms with E-state index in [1.165, 1.54) is 12.1 Å². The summed E-state index contributed by atoms with van der Waals surface area (Å²) in [6, 6.07) is 9.38. The van der Waals surface area contributed by atoms with Gasteiger partial charge in [-0.3, -0.25) is 4.40 Å². The Morgan fingerprint density at radius 3 is 2.67 bits per heavy atom. The largest absolute Gasteiger partial charge is 0.392 e. The molecule has 0 saturated carbocycles. The highest BCUT2D eigenvalue weighted by molar-refractivity contribution is 5.53. The van der Waals surface area contributed by atoms with E-state index < -0.39 is 0 Å². The summed E-state index contributed by atoms with van der Waals surface area (Å²) >= 11 is 0. The first-order valence-corrected chi connectivity index (χ1v) is 6.43. The van der Waals surface area contributed by atoms with E-state index in [1.807, 2.05) is 6.92 Å². The first-order chi connectivity index (χ1) is 10.2. The van der Waals surface area contributed by atoms with Crippen LogP contribution in [-0.4, -0.2) is 14.5 Å². The highest BCUT2D eigenvalue weighted by Gasteiger charge is 2.08. The standard InChI is InChI=1S/C15H13FN4O/c1-10-15(19-18-13-4-2-12(16)3-5-13)20-7-6-11(9-21)8-14(20)17-10/h2-8,21H,9H2,1H3. The van der Waals surface area contributed by atoms with E-state index in [9.17, 15) is 4.39 Å². The Bertz CT molecular complexity index is 808. The molecule has 0 aliphatic carbocycles. The van der Waals surface area contributed by atoms with Gasteiger partial charge in [0.1, 0.15) is 11.5 Å². The fraction of sp³-hybridized carbons (Fsp3) is 0.133. The lowest BCUT2D eigenvalue weighted by Crippen LogP contribution is -1.88. The summed E-state index contributed by atoms with van der Waals surface area (Å²) in [7, 11) is 0. The van der Waals surface area contributed by atoms with Gasteiger partial charge in [0.05, 0.1) is 18.0 Å². The molecule has 2 aromatic heterocycles. The Labute approximate surface area is 120 Å². The van der Waals surface area contributed by atoms with E-state index in [2.05, 4.69) is 15.2 Å². The monoisotopic (exact) mass is 284 g/mol. The van der Waals surface area contributed by atoms with Crippen LogP contribution in [0, 0.1) is 12.7 Å². The van der Waals surface area contributed by atoms with Crippen molar-refractivity contribution in [2.24, 2.45) is 10.2 Å². The number of halogens is 1. The van der Waals surface area contributed by atoms with E-state index in [0.717, 1.165) is 11.3 Å². The minimum atomic E-state index is -0.309. The van der Waals surface area contributed by atoms with Gasteiger partial charge < -0.3 is 5.11 Å². The zero-order chi connectivity index (χ0) is 14.8. The average Bonchev–Trinajstić information content (AvgIpc) is 2.81. The molecule has 21 heavy (non-hydrogen) atoms. The van der Waals surface area contributed by atoms with Gasteiger partial charge in [0, 0.05) is 6.20 Å². The molecule has 0 unspecified atom stereocenters. The van der Waals surface area contributed by atoms with Crippen molar-refractivity contribution in [3.63, 3.8) is 0 Å². The van der Waals surface area contributed by atoms with Crippen LogP contribution in [0.2, 0.25) is 0 Å². The van der Waals surface area contributed by atoms with Crippen LogP contribution in [-0.2, 0) is 6.61 Å². The summed E-state index contributed by atoms with van der Waals surface area (Å²) in [6.45, 7) is 1.81. The third-order valence-corrected chi connectivity index (χ3v) is 3.10. The fourth-order valence-electron chi connectivity index (χ4n) is 2.02. The van der Waals surface area contributed by atoms with E-state index in [0.29, 0.717) is 17.2 Å². The van der Waals surface area contributed by atoms with Crippen LogP contribution in [0.15, 0.2) is 52.8 Å². The number of aliphatic hydroxyl groups excluding tert-OH is 1. The Hall–Kier alpha value is -2.60. The van der Waals surface area contributed by atoms with Crippen molar-refractivity contribution in [2.45, 2.75) is 13.5 Å². The number of hydrogen-bond donors (Lipinski definition) is 1. The van der Waals surface area contributed by atoms with E-state index >= 15 is 0 Å². The summed E-state index contributed by atoms with van der Waals surface area (Å²) in [5, 5.41) is 17.4. The number of benzene rings is 1. The summed E-state index contributed by atoms with van der Waals surface area (Å²) in [5.74, 6) is 0.301. The van der Waals surface area contributed by atoms with Crippen molar-refractivity contribution < 1.29 is 9.50 Å². The molecule has 2 heterocycles.